The van der Waals surface area contributed by atoms with Gasteiger partial charge in [-0.3, -0.25) is 4.57 Å². The summed E-state index contributed by atoms with van der Waals surface area (Å²) in [7, 11) is 0. The van der Waals surface area contributed by atoms with Crippen molar-refractivity contribution in [2.45, 2.75) is 137 Å². The van der Waals surface area contributed by atoms with E-state index in [1.807, 2.05) is 0 Å². The van der Waals surface area contributed by atoms with Crippen molar-refractivity contribution >= 4 is 21.8 Å². The van der Waals surface area contributed by atoms with Gasteiger partial charge in [0.05, 0.1) is 11.0 Å². The Labute approximate surface area is 400 Å². The third-order valence-electron chi connectivity index (χ3n) is 19.7. The van der Waals surface area contributed by atoms with E-state index in [0.29, 0.717) is 34.3 Å². The Kier molecular flexibility index (Phi) is 10.5. The maximum absolute atomic E-state index is 5.38. The number of benzene rings is 5. The lowest BCUT2D eigenvalue weighted by molar-refractivity contribution is -0.117. The summed E-state index contributed by atoms with van der Waals surface area (Å²) in [6.07, 6.45) is 17.1. The average molecular weight is 885 g/mol. The highest BCUT2D eigenvalue weighted by Crippen LogP contribution is 2.69. The average Bonchev–Trinajstić information content (AvgIpc) is 3.95. The Morgan fingerprint density at radius 1 is 0.582 bits per heavy atom. The molecule has 67 heavy (non-hydrogen) atoms. The van der Waals surface area contributed by atoms with Gasteiger partial charge in [0.1, 0.15) is 0 Å². The molecule has 9 atom stereocenters. The van der Waals surface area contributed by atoms with Crippen molar-refractivity contribution in [2.75, 3.05) is 0 Å². The normalized spacial score (nSPS) is 28.8. The lowest BCUT2D eigenvalue weighted by atomic mass is 9.43. The van der Waals surface area contributed by atoms with Gasteiger partial charge in [0.2, 0.25) is 5.95 Å². The van der Waals surface area contributed by atoms with Crippen LogP contribution in [0.2, 0.25) is 0 Å². The molecule has 7 aromatic rings. The van der Waals surface area contributed by atoms with Crippen LogP contribution in [-0.4, -0.2) is 19.5 Å². The first kappa shape index (κ1) is 43.2. The lowest BCUT2D eigenvalue weighted by Gasteiger charge is -2.61. The molecule has 4 nitrogen and oxygen atoms in total. The van der Waals surface area contributed by atoms with Crippen molar-refractivity contribution in [2.24, 2.45) is 52.3 Å². The van der Waals surface area contributed by atoms with E-state index in [1.165, 1.54) is 116 Å². The molecular weight excluding hydrogens is 813 g/mol. The molecule has 2 aromatic heterocycles. The second-order valence-electron chi connectivity index (χ2n) is 23.9. The van der Waals surface area contributed by atoms with Crippen LogP contribution in [0.3, 0.4) is 0 Å². The van der Waals surface area contributed by atoms with Gasteiger partial charge in [-0.15, -0.1) is 0 Å². The first-order valence-corrected chi connectivity index (χ1v) is 26.5. The van der Waals surface area contributed by atoms with Gasteiger partial charge in [0, 0.05) is 27.3 Å². The number of hydrogen-bond acceptors (Lipinski definition) is 3. The molecule has 5 aliphatic carbocycles. The summed E-state index contributed by atoms with van der Waals surface area (Å²) >= 11 is 0. The largest absolute Gasteiger partial charge is 0.278 e. The summed E-state index contributed by atoms with van der Waals surface area (Å²) in [6, 6.07) is 42.4. The van der Waals surface area contributed by atoms with Crippen molar-refractivity contribution in [3.63, 3.8) is 0 Å². The molecule has 0 amide bonds. The fourth-order valence-corrected chi connectivity index (χ4v) is 16.2. The van der Waals surface area contributed by atoms with Gasteiger partial charge in [-0.1, -0.05) is 165 Å². The molecule has 5 aromatic carbocycles. The van der Waals surface area contributed by atoms with Crippen LogP contribution in [-0.2, 0) is 5.41 Å². The first-order valence-electron chi connectivity index (χ1n) is 26.5. The van der Waals surface area contributed by atoms with E-state index < -0.39 is 0 Å². The number of nitrogens with zero attached hydrogens (tertiary/aromatic N) is 4. The van der Waals surface area contributed by atoms with E-state index in [0.717, 1.165) is 63.6 Å². The van der Waals surface area contributed by atoms with Crippen LogP contribution in [0.4, 0.5) is 0 Å². The number of hydrogen-bond donors (Lipinski definition) is 0. The monoisotopic (exact) mass is 885 g/mol. The summed E-state index contributed by atoms with van der Waals surface area (Å²) in [6.45, 7) is 17.6. The number of rotatable bonds is 9. The highest BCUT2D eigenvalue weighted by molar-refractivity contribution is 6.11. The highest BCUT2D eigenvalue weighted by atomic mass is 15.2. The van der Waals surface area contributed by atoms with Crippen molar-refractivity contribution in [3.8, 4) is 39.9 Å². The van der Waals surface area contributed by atoms with Gasteiger partial charge in [0.15, 0.2) is 11.6 Å². The summed E-state index contributed by atoms with van der Waals surface area (Å²) < 4.78 is 2.28. The third kappa shape index (κ3) is 6.91. The van der Waals surface area contributed by atoms with Gasteiger partial charge < -0.3 is 0 Å². The Morgan fingerprint density at radius 2 is 1.28 bits per heavy atom. The first-order chi connectivity index (χ1) is 32.4. The number of aromatic nitrogens is 4. The minimum Gasteiger partial charge on any atom is -0.278 e. The van der Waals surface area contributed by atoms with Crippen LogP contribution in [0, 0.1) is 52.3 Å². The molecule has 4 saturated carbocycles. The summed E-state index contributed by atoms with van der Waals surface area (Å²) in [5.41, 5.74) is 12.1. The molecule has 344 valence electrons. The summed E-state index contributed by atoms with van der Waals surface area (Å²) in [4.78, 5) is 15.9. The zero-order valence-corrected chi connectivity index (χ0v) is 41.4. The van der Waals surface area contributed by atoms with E-state index in [1.54, 1.807) is 0 Å². The third-order valence-corrected chi connectivity index (χ3v) is 19.7. The van der Waals surface area contributed by atoms with Crippen LogP contribution >= 0.6 is 0 Å². The quantitative estimate of drug-likeness (QED) is 0.145. The Balaban J connectivity index is 0.835. The van der Waals surface area contributed by atoms with Gasteiger partial charge in [-0.05, 0) is 162 Å². The smallest absolute Gasteiger partial charge is 0.238 e. The molecule has 0 spiro atoms. The topological polar surface area (TPSA) is 43.6 Å². The maximum atomic E-state index is 5.38. The molecule has 0 aliphatic heterocycles. The van der Waals surface area contributed by atoms with Crippen molar-refractivity contribution in [1.29, 1.82) is 0 Å². The molecule has 4 heteroatoms. The van der Waals surface area contributed by atoms with E-state index in [9.17, 15) is 0 Å². The number of para-hydroxylation sites is 1. The molecule has 0 N–H and O–H groups in total. The van der Waals surface area contributed by atoms with Gasteiger partial charge in [-0.2, -0.15) is 9.97 Å². The molecule has 2 heterocycles. The SMILES string of the molecule is CC(C)CCC[C@@H](C)[C@H]1CC[C@H]2[C@@H]3CC[C@H]4CC(c5ccc(-c6nc(-c7ccccc7)nc(-n7c8ccccc8c8cc9c(cc87)-c7ccccc7C9(C)C)n6)cc5)CC[C@]4(C)[C@H]3CC[C@]12C. The van der Waals surface area contributed by atoms with Crippen LogP contribution in [0.15, 0.2) is 115 Å². The molecule has 0 radical (unpaired) electrons. The molecule has 1 unspecified atom stereocenters. The number of fused-ring (bicyclic) bond motifs is 11. The Morgan fingerprint density at radius 3 is 2.07 bits per heavy atom. The lowest BCUT2D eigenvalue weighted by Crippen LogP contribution is -2.53. The predicted octanol–water partition coefficient (Wildman–Crippen LogP) is 16.8. The summed E-state index contributed by atoms with van der Waals surface area (Å²) in [5, 5.41) is 2.44. The molecule has 4 fully saturated rings. The minimum atomic E-state index is -0.0874. The molecular formula is C63H72N4. The van der Waals surface area contributed by atoms with E-state index >= 15 is 0 Å². The van der Waals surface area contributed by atoms with E-state index in [-0.39, 0.29) is 5.41 Å². The zero-order valence-electron chi connectivity index (χ0n) is 41.4. The minimum absolute atomic E-state index is 0.0874. The maximum Gasteiger partial charge on any atom is 0.238 e. The van der Waals surface area contributed by atoms with Crippen molar-refractivity contribution < 1.29 is 0 Å². The second kappa shape index (κ2) is 16.3. The predicted molar refractivity (Wildman–Crippen MR) is 278 cm³/mol. The fraction of sp³-hybridized carbons (Fsp3) is 0.476. The van der Waals surface area contributed by atoms with Gasteiger partial charge >= 0.3 is 0 Å². The fourth-order valence-electron chi connectivity index (χ4n) is 16.2. The van der Waals surface area contributed by atoms with Crippen LogP contribution in [0.1, 0.15) is 148 Å². The zero-order chi connectivity index (χ0) is 45.8. The molecule has 0 saturated heterocycles. The molecule has 5 aliphatic rings. The second-order valence-corrected chi connectivity index (χ2v) is 23.9. The van der Waals surface area contributed by atoms with E-state index in [2.05, 4.69) is 168 Å². The summed E-state index contributed by atoms with van der Waals surface area (Å²) in [5.74, 6) is 8.96. The molecule has 0 bridgehead atoms. The van der Waals surface area contributed by atoms with E-state index in [4.69, 9.17) is 15.0 Å². The van der Waals surface area contributed by atoms with Crippen LogP contribution in [0.25, 0.3) is 61.7 Å². The van der Waals surface area contributed by atoms with Crippen molar-refractivity contribution in [3.05, 3.63) is 132 Å². The highest BCUT2D eigenvalue weighted by Gasteiger charge is 2.60. The van der Waals surface area contributed by atoms with Crippen molar-refractivity contribution in [1.82, 2.24) is 19.5 Å². The standard InChI is InChI=1S/C63H72N4/c1-39(2)16-15-17-40(3)51-30-31-53-48-29-28-45-36-44(32-34-62(45,6)54(48)33-35-63(51,53)7)41-24-26-43(27-25-41)59-64-58(42-18-9-8-10-19-42)65-60(66-59)67-56-23-14-12-21-47(56)50-37-55-49(38-57(50)67)46-20-11-13-22-52(46)61(55,4)5/h8-14,18-27,37-40,44-45,48,51,53-54H,15-17,28-36H2,1-7H3/t40-,44?,45+,48+,51-,53+,54+,62+,63-/m1/s1. The van der Waals surface area contributed by atoms with Gasteiger partial charge in [-0.25, -0.2) is 4.98 Å². The Hall–Kier alpha value is -5.09. The van der Waals surface area contributed by atoms with Crippen LogP contribution < -0.4 is 0 Å². The molecule has 12 rings (SSSR count). The van der Waals surface area contributed by atoms with Gasteiger partial charge in [0.25, 0.3) is 0 Å². The Bertz CT molecular complexity index is 2980. The van der Waals surface area contributed by atoms with Crippen LogP contribution in [0.5, 0.6) is 0 Å².